The van der Waals surface area contributed by atoms with Crippen molar-refractivity contribution < 1.29 is 14.6 Å². The predicted octanol–water partition coefficient (Wildman–Crippen LogP) is 2.80. The van der Waals surface area contributed by atoms with Crippen LogP contribution in [0.2, 0.25) is 0 Å². The van der Waals surface area contributed by atoms with Gasteiger partial charge in [-0.2, -0.15) is 0 Å². The normalized spacial score (nSPS) is 10.1. The van der Waals surface area contributed by atoms with Gasteiger partial charge in [0.15, 0.2) is 0 Å². The van der Waals surface area contributed by atoms with E-state index in [9.17, 15) is 9.90 Å². The maximum Gasteiger partial charge on any atom is 0.324 e. The van der Waals surface area contributed by atoms with Crippen molar-refractivity contribution in [1.29, 1.82) is 0 Å². The summed E-state index contributed by atoms with van der Waals surface area (Å²) in [7, 11) is 1.49. The van der Waals surface area contributed by atoms with Crippen LogP contribution >= 0.6 is 0 Å². The highest BCUT2D eigenvalue weighted by Crippen LogP contribution is 2.38. The van der Waals surface area contributed by atoms with Gasteiger partial charge in [0.1, 0.15) is 11.5 Å². The first kappa shape index (κ1) is 13.7. The van der Waals surface area contributed by atoms with Gasteiger partial charge in [0.25, 0.3) is 0 Å². The number of anilines is 2. The molecule has 0 unspecified atom stereocenters. The van der Waals surface area contributed by atoms with Crippen molar-refractivity contribution in [3.8, 4) is 11.5 Å². The molecule has 5 nitrogen and oxygen atoms in total. The number of para-hydroxylation sites is 2. The molecule has 0 saturated carbocycles. The molecular formula is C15H15N2O3. The summed E-state index contributed by atoms with van der Waals surface area (Å²) in [6.07, 6.45) is 0. The van der Waals surface area contributed by atoms with Gasteiger partial charge in [-0.15, -0.1) is 0 Å². The lowest BCUT2D eigenvalue weighted by Crippen LogP contribution is -2.31. The van der Waals surface area contributed by atoms with E-state index in [1.54, 1.807) is 36.4 Å². The molecule has 103 valence electrons. The monoisotopic (exact) mass is 271 g/mol. The van der Waals surface area contributed by atoms with Gasteiger partial charge < -0.3 is 15.6 Å². The van der Waals surface area contributed by atoms with Crippen LogP contribution in [0.25, 0.3) is 0 Å². The molecule has 0 aliphatic carbocycles. The Morgan fingerprint density at radius 2 is 1.95 bits per heavy atom. The number of methoxy groups -OCH3 is 1. The second kappa shape index (κ2) is 5.52. The predicted molar refractivity (Wildman–Crippen MR) is 77.3 cm³/mol. The second-order valence-corrected chi connectivity index (χ2v) is 4.17. The highest BCUT2D eigenvalue weighted by Gasteiger charge is 2.21. The zero-order valence-corrected chi connectivity index (χ0v) is 11.0. The standard InChI is InChI=1S/C15H15N2O3/c1-10-7-8-12(14(9-10)20-2)17(15(16)19)11-5-3-4-6-13(11)18/h3-9,18H,1H2,2H3,(H2,16,19). The molecule has 0 bridgehead atoms. The number of ether oxygens (including phenoxy) is 1. The van der Waals surface area contributed by atoms with Crippen LogP contribution in [0.15, 0.2) is 42.5 Å². The Labute approximate surface area is 117 Å². The average molecular weight is 271 g/mol. The van der Waals surface area contributed by atoms with E-state index in [2.05, 4.69) is 6.92 Å². The van der Waals surface area contributed by atoms with Crippen molar-refractivity contribution in [1.82, 2.24) is 0 Å². The van der Waals surface area contributed by atoms with Gasteiger partial charge in [0.2, 0.25) is 0 Å². The van der Waals surface area contributed by atoms with E-state index in [-0.39, 0.29) is 11.4 Å². The van der Waals surface area contributed by atoms with Crippen molar-refractivity contribution in [3.05, 3.63) is 55.0 Å². The van der Waals surface area contributed by atoms with Crippen molar-refractivity contribution >= 4 is 17.4 Å². The van der Waals surface area contributed by atoms with E-state index in [0.29, 0.717) is 11.4 Å². The first-order valence-electron chi connectivity index (χ1n) is 5.92. The van der Waals surface area contributed by atoms with Crippen LogP contribution in [-0.4, -0.2) is 18.2 Å². The Bertz CT molecular complexity index is 641. The fraction of sp³-hybridized carbons (Fsp3) is 0.0667. The van der Waals surface area contributed by atoms with Crippen LogP contribution in [-0.2, 0) is 0 Å². The van der Waals surface area contributed by atoms with Crippen LogP contribution in [0.1, 0.15) is 5.56 Å². The van der Waals surface area contributed by atoms with Crippen LogP contribution in [0.3, 0.4) is 0 Å². The number of carbonyl (C=O) groups excluding carboxylic acids is 1. The zero-order valence-electron chi connectivity index (χ0n) is 11.0. The van der Waals surface area contributed by atoms with Crippen LogP contribution < -0.4 is 15.4 Å². The fourth-order valence-corrected chi connectivity index (χ4v) is 1.93. The van der Waals surface area contributed by atoms with E-state index in [1.807, 2.05) is 0 Å². The maximum absolute atomic E-state index is 11.8. The molecule has 0 atom stereocenters. The molecule has 5 heteroatoms. The SMILES string of the molecule is [CH2]c1ccc(N(C(N)=O)c2ccccc2O)c(OC)c1. The molecule has 3 N–H and O–H groups in total. The molecule has 20 heavy (non-hydrogen) atoms. The Kier molecular flexibility index (Phi) is 3.79. The van der Waals surface area contributed by atoms with Gasteiger partial charge in [-0.25, -0.2) is 4.79 Å². The number of nitrogens with zero attached hydrogens (tertiary/aromatic N) is 1. The Hall–Kier alpha value is -2.69. The molecule has 1 radical (unpaired) electrons. The third-order valence-corrected chi connectivity index (χ3v) is 2.83. The van der Waals surface area contributed by atoms with Gasteiger partial charge in [-0.05, 0) is 36.8 Å². The molecule has 0 fully saturated rings. The molecule has 2 rings (SSSR count). The highest BCUT2D eigenvalue weighted by atomic mass is 16.5. The molecule has 0 spiro atoms. The summed E-state index contributed by atoms with van der Waals surface area (Å²) in [4.78, 5) is 13.0. The average Bonchev–Trinajstić information content (AvgIpc) is 2.42. The lowest BCUT2D eigenvalue weighted by Gasteiger charge is -2.23. The Morgan fingerprint density at radius 1 is 1.25 bits per heavy atom. The topological polar surface area (TPSA) is 75.8 Å². The van der Waals surface area contributed by atoms with Gasteiger partial charge in [-0.1, -0.05) is 18.2 Å². The molecule has 0 aliphatic rings. The minimum absolute atomic E-state index is 0.0490. The van der Waals surface area contributed by atoms with E-state index in [0.717, 1.165) is 5.56 Å². The minimum atomic E-state index is -0.721. The molecule has 2 aromatic carbocycles. The van der Waals surface area contributed by atoms with E-state index in [4.69, 9.17) is 10.5 Å². The third-order valence-electron chi connectivity index (χ3n) is 2.83. The smallest absolute Gasteiger partial charge is 0.324 e. The van der Waals surface area contributed by atoms with Gasteiger partial charge in [0.05, 0.1) is 18.5 Å². The zero-order chi connectivity index (χ0) is 14.7. The summed E-state index contributed by atoms with van der Waals surface area (Å²) in [6, 6.07) is 10.8. The lowest BCUT2D eigenvalue weighted by atomic mass is 10.1. The molecule has 0 heterocycles. The summed E-state index contributed by atoms with van der Waals surface area (Å²) in [6.45, 7) is 3.80. The number of aromatic hydroxyl groups is 1. The fourth-order valence-electron chi connectivity index (χ4n) is 1.93. The number of benzene rings is 2. The van der Waals surface area contributed by atoms with Crippen LogP contribution in [0.5, 0.6) is 11.5 Å². The van der Waals surface area contributed by atoms with E-state index < -0.39 is 6.03 Å². The summed E-state index contributed by atoms with van der Waals surface area (Å²) in [5.74, 6) is 0.395. The summed E-state index contributed by atoms with van der Waals surface area (Å²) < 4.78 is 5.25. The number of phenolic OH excluding ortho intramolecular Hbond substituents is 1. The number of rotatable bonds is 3. The number of hydrogen-bond donors (Lipinski definition) is 2. The maximum atomic E-state index is 11.8. The summed E-state index contributed by atoms with van der Waals surface area (Å²) in [5.41, 5.74) is 6.90. The van der Waals surface area contributed by atoms with Crippen molar-refractivity contribution in [2.24, 2.45) is 5.73 Å². The lowest BCUT2D eigenvalue weighted by molar-refractivity contribution is 0.255. The van der Waals surface area contributed by atoms with Crippen molar-refractivity contribution in [2.75, 3.05) is 12.0 Å². The number of urea groups is 1. The second-order valence-electron chi connectivity index (χ2n) is 4.17. The Balaban J connectivity index is 2.61. The molecule has 0 aliphatic heterocycles. The minimum Gasteiger partial charge on any atom is -0.506 e. The molecule has 2 aromatic rings. The molecule has 2 amide bonds. The summed E-state index contributed by atoms with van der Waals surface area (Å²) >= 11 is 0. The van der Waals surface area contributed by atoms with Crippen molar-refractivity contribution in [3.63, 3.8) is 0 Å². The summed E-state index contributed by atoms with van der Waals surface area (Å²) in [5, 5.41) is 9.91. The molecular weight excluding hydrogens is 256 g/mol. The third kappa shape index (κ3) is 2.51. The highest BCUT2D eigenvalue weighted by molar-refractivity contribution is 6.01. The van der Waals surface area contributed by atoms with Gasteiger partial charge >= 0.3 is 6.03 Å². The number of hydrogen-bond acceptors (Lipinski definition) is 3. The van der Waals surface area contributed by atoms with E-state index >= 15 is 0 Å². The van der Waals surface area contributed by atoms with Crippen LogP contribution in [0.4, 0.5) is 16.2 Å². The largest absolute Gasteiger partial charge is 0.506 e. The first-order valence-corrected chi connectivity index (χ1v) is 5.92. The number of amides is 2. The molecule has 0 aromatic heterocycles. The quantitative estimate of drug-likeness (QED) is 0.901. The number of carbonyl (C=O) groups is 1. The van der Waals surface area contributed by atoms with Crippen molar-refractivity contribution in [2.45, 2.75) is 0 Å². The number of nitrogens with two attached hydrogens (primary N) is 1. The Morgan fingerprint density at radius 3 is 2.55 bits per heavy atom. The van der Waals surface area contributed by atoms with Gasteiger partial charge in [-0.3, -0.25) is 4.90 Å². The van der Waals surface area contributed by atoms with E-state index in [1.165, 1.54) is 18.1 Å². The number of primary amides is 1. The number of phenols is 1. The van der Waals surface area contributed by atoms with Crippen LogP contribution in [0, 0.1) is 6.92 Å². The van der Waals surface area contributed by atoms with Gasteiger partial charge in [0, 0.05) is 0 Å². The first-order chi connectivity index (χ1) is 9.54. The molecule has 0 saturated heterocycles.